The van der Waals surface area contributed by atoms with Crippen LogP contribution in [-0.4, -0.2) is 16.1 Å². The van der Waals surface area contributed by atoms with Crippen molar-refractivity contribution in [1.82, 2.24) is 0 Å². The van der Waals surface area contributed by atoms with Crippen molar-refractivity contribution in [2.45, 2.75) is 77.8 Å². The molecule has 4 aromatic carbocycles. The molecule has 4 aromatic rings. The molecule has 34 heavy (non-hydrogen) atoms. The van der Waals surface area contributed by atoms with Gasteiger partial charge in [0, 0.05) is 0 Å². The van der Waals surface area contributed by atoms with Gasteiger partial charge in [-0.2, -0.15) is 0 Å². The molecular weight excluding hydrogens is 441 g/mol. The summed E-state index contributed by atoms with van der Waals surface area (Å²) in [6.07, 6.45) is 0. The molecule has 0 aliphatic carbocycles. The third-order valence-corrected chi connectivity index (χ3v) is 20.3. The first-order valence-electron chi connectivity index (χ1n) is 12.7. The van der Waals surface area contributed by atoms with Crippen LogP contribution in [0.15, 0.2) is 72.8 Å². The first-order valence-corrected chi connectivity index (χ1v) is 18.7. The fraction of sp³-hybridized carbons (Fsp3) is 0.375. The summed E-state index contributed by atoms with van der Waals surface area (Å²) >= 11 is 0. The van der Waals surface area contributed by atoms with Gasteiger partial charge in [0.25, 0.3) is 0 Å². The van der Waals surface area contributed by atoms with Crippen LogP contribution in [0.3, 0.4) is 0 Å². The minimum atomic E-state index is -1.67. The molecule has 0 amide bonds. The lowest BCUT2D eigenvalue weighted by Crippen LogP contribution is -2.49. The van der Waals surface area contributed by atoms with Crippen LogP contribution < -0.4 is 10.4 Å². The Morgan fingerprint density at radius 3 is 1.00 bits per heavy atom. The highest BCUT2D eigenvalue weighted by atomic mass is 28.3. The molecule has 0 heterocycles. The zero-order valence-corrected chi connectivity index (χ0v) is 24.9. The van der Waals surface area contributed by atoms with E-state index in [1.807, 2.05) is 0 Å². The Kier molecular flexibility index (Phi) is 6.02. The van der Waals surface area contributed by atoms with E-state index in [-0.39, 0.29) is 0 Å². The minimum absolute atomic E-state index is 0.300. The van der Waals surface area contributed by atoms with Gasteiger partial charge in [0.05, 0.1) is 16.1 Å². The predicted molar refractivity (Wildman–Crippen MR) is 161 cm³/mol. The number of rotatable bonds is 3. The molecule has 0 aliphatic rings. The Morgan fingerprint density at radius 1 is 0.412 bits per heavy atom. The van der Waals surface area contributed by atoms with Crippen LogP contribution in [-0.2, 0) is 0 Å². The molecule has 0 aliphatic heterocycles. The molecule has 0 radical (unpaired) electrons. The molecule has 0 unspecified atom stereocenters. The topological polar surface area (TPSA) is 0 Å². The third-order valence-electron chi connectivity index (χ3n) is 9.24. The van der Waals surface area contributed by atoms with E-state index in [1.165, 1.54) is 32.7 Å². The molecule has 0 aromatic heterocycles. The average Bonchev–Trinajstić information content (AvgIpc) is 2.76. The van der Waals surface area contributed by atoms with Gasteiger partial charge in [0.15, 0.2) is 0 Å². The summed E-state index contributed by atoms with van der Waals surface area (Å²) in [6.45, 7) is 24.6. The maximum atomic E-state index is 2.53. The Balaban J connectivity index is 2.03. The summed E-state index contributed by atoms with van der Waals surface area (Å²) in [5.41, 5.74) is 2.71. The number of hydrogen-bond donors (Lipinski definition) is 0. The average molecular weight is 483 g/mol. The van der Waals surface area contributed by atoms with Gasteiger partial charge < -0.3 is 0 Å². The van der Waals surface area contributed by atoms with Crippen LogP contribution in [0.25, 0.3) is 32.7 Å². The first-order chi connectivity index (χ1) is 15.7. The van der Waals surface area contributed by atoms with E-state index in [4.69, 9.17) is 0 Å². The lowest BCUT2D eigenvalue weighted by molar-refractivity contribution is 0.729. The fourth-order valence-corrected chi connectivity index (χ4v) is 9.36. The maximum Gasteiger partial charge on any atom is 0.0867 e. The quantitative estimate of drug-likeness (QED) is 0.255. The molecule has 0 nitrogen and oxygen atoms in total. The van der Waals surface area contributed by atoms with E-state index in [1.54, 1.807) is 10.4 Å². The second kappa shape index (κ2) is 8.21. The van der Waals surface area contributed by atoms with Gasteiger partial charge >= 0.3 is 0 Å². The van der Waals surface area contributed by atoms with E-state index in [0.717, 1.165) is 0 Å². The fourth-order valence-electron chi connectivity index (χ4n) is 4.97. The molecule has 2 heteroatoms. The van der Waals surface area contributed by atoms with E-state index < -0.39 is 16.1 Å². The number of benzene rings is 4. The Morgan fingerprint density at radius 2 is 0.706 bits per heavy atom. The Hall–Kier alpha value is -2.17. The standard InChI is InChI=1S/C32H42Si2/c1-31(2,3)33(7,8)29-21-19-25(23-15-11-13-17-27(23)29)26-20-22-30(34(9,10)32(4,5)6)28-18-14-12-16-24(26)28/h11-22H,1-10H3. The van der Waals surface area contributed by atoms with Crippen molar-refractivity contribution in [3.8, 4) is 11.1 Å². The summed E-state index contributed by atoms with van der Waals surface area (Å²) < 4.78 is 0. The Bertz CT molecular complexity index is 1250. The minimum Gasteiger partial charge on any atom is -0.0650 e. The molecule has 0 saturated carbocycles. The van der Waals surface area contributed by atoms with Gasteiger partial charge in [-0.15, -0.1) is 0 Å². The van der Waals surface area contributed by atoms with E-state index >= 15 is 0 Å². The van der Waals surface area contributed by atoms with Crippen LogP contribution in [0.4, 0.5) is 0 Å². The lowest BCUT2D eigenvalue weighted by atomic mass is 9.94. The predicted octanol–water partition coefficient (Wildman–Crippen LogP) is 9.09. The van der Waals surface area contributed by atoms with Gasteiger partial charge in [-0.3, -0.25) is 0 Å². The smallest absolute Gasteiger partial charge is 0.0650 e. The third kappa shape index (κ3) is 3.89. The molecule has 0 fully saturated rings. The number of hydrogen-bond acceptors (Lipinski definition) is 0. The molecule has 0 bridgehead atoms. The van der Waals surface area contributed by atoms with E-state index in [0.29, 0.717) is 10.1 Å². The summed E-state index contributed by atoms with van der Waals surface area (Å²) in [4.78, 5) is 0. The maximum absolute atomic E-state index is 2.53. The van der Waals surface area contributed by atoms with Crippen molar-refractivity contribution in [2.75, 3.05) is 0 Å². The van der Waals surface area contributed by atoms with Crippen molar-refractivity contribution in [1.29, 1.82) is 0 Å². The van der Waals surface area contributed by atoms with Crippen LogP contribution in [0.5, 0.6) is 0 Å². The van der Waals surface area contributed by atoms with Crippen molar-refractivity contribution in [3.05, 3.63) is 72.8 Å². The molecule has 0 saturated heterocycles. The van der Waals surface area contributed by atoms with E-state index in [9.17, 15) is 0 Å². The first kappa shape index (κ1) is 24.9. The summed E-state index contributed by atoms with van der Waals surface area (Å²) in [5.74, 6) is 0. The second-order valence-corrected chi connectivity index (χ2v) is 23.7. The normalized spacial score (nSPS) is 13.6. The van der Waals surface area contributed by atoms with Crippen LogP contribution in [0.2, 0.25) is 36.3 Å². The van der Waals surface area contributed by atoms with Crippen LogP contribution in [0, 0.1) is 0 Å². The molecule has 0 spiro atoms. The molecule has 178 valence electrons. The van der Waals surface area contributed by atoms with Crippen molar-refractivity contribution in [3.63, 3.8) is 0 Å². The highest BCUT2D eigenvalue weighted by Crippen LogP contribution is 2.41. The monoisotopic (exact) mass is 482 g/mol. The van der Waals surface area contributed by atoms with Crippen LogP contribution >= 0.6 is 0 Å². The largest absolute Gasteiger partial charge is 0.0867 e. The highest BCUT2D eigenvalue weighted by molar-refractivity contribution is 6.94. The second-order valence-electron chi connectivity index (χ2n) is 13.2. The highest BCUT2D eigenvalue weighted by Gasteiger charge is 2.39. The number of fused-ring (bicyclic) bond motifs is 2. The van der Waals surface area contributed by atoms with Gasteiger partial charge in [0.2, 0.25) is 0 Å². The van der Waals surface area contributed by atoms with Gasteiger partial charge in [-0.05, 0) is 42.7 Å². The zero-order chi connectivity index (χ0) is 25.1. The summed E-state index contributed by atoms with van der Waals surface area (Å²) in [6, 6.07) is 27.9. The van der Waals surface area contributed by atoms with Crippen molar-refractivity contribution in [2.24, 2.45) is 0 Å². The Labute approximate surface area is 209 Å². The molecular formula is C32H42Si2. The SMILES string of the molecule is CC(C)(C)[Si](C)(C)c1ccc(-c2ccc([Si](C)(C)C(C)(C)C)c3ccccc23)c2ccccc12. The molecule has 0 N–H and O–H groups in total. The molecule has 4 rings (SSSR count). The van der Waals surface area contributed by atoms with Gasteiger partial charge in [-0.1, -0.05) is 151 Å². The van der Waals surface area contributed by atoms with Gasteiger partial charge in [-0.25, -0.2) is 0 Å². The zero-order valence-electron chi connectivity index (χ0n) is 22.9. The molecule has 0 atom stereocenters. The summed E-state index contributed by atoms with van der Waals surface area (Å²) in [5, 5.41) is 9.38. The van der Waals surface area contributed by atoms with Crippen molar-refractivity contribution >= 4 is 48.1 Å². The van der Waals surface area contributed by atoms with Gasteiger partial charge in [0.1, 0.15) is 0 Å². The summed E-state index contributed by atoms with van der Waals surface area (Å²) in [7, 11) is -3.34. The van der Waals surface area contributed by atoms with Crippen molar-refractivity contribution < 1.29 is 0 Å². The van der Waals surface area contributed by atoms with E-state index in [2.05, 4.69) is 141 Å². The van der Waals surface area contributed by atoms with Crippen LogP contribution in [0.1, 0.15) is 41.5 Å². The lowest BCUT2D eigenvalue weighted by Gasteiger charge is -2.39.